The van der Waals surface area contributed by atoms with Gasteiger partial charge in [0, 0.05) is 24.6 Å². The van der Waals surface area contributed by atoms with Gasteiger partial charge < -0.3 is 9.84 Å². The lowest BCUT2D eigenvalue weighted by atomic mass is 10.2. The van der Waals surface area contributed by atoms with Crippen LogP contribution in [0, 0.1) is 10.1 Å². The summed E-state index contributed by atoms with van der Waals surface area (Å²) < 4.78 is 6.36. The number of aromatic nitrogens is 2. The van der Waals surface area contributed by atoms with Crippen LogP contribution in [0.3, 0.4) is 0 Å². The van der Waals surface area contributed by atoms with Gasteiger partial charge in [-0.05, 0) is 6.07 Å². The van der Waals surface area contributed by atoms with Crippen molar-refractivity contribution in [1.82, 2.24) is 9.78 Å². The summed E-state index contributed by atoms with van der Waals surface area (Å²) in [7, 11) is 1.50. The number of aliphatic hydroxyl groups excluding tert-OH is 1. The molecule has 96 valence electrons. The Morgan fingerprint density at radius 1 is 1.61 bits per heavy atom. The number of methoxy groups -OCH3 is 1. The Balaban J connectivity index is 2.33. The Morgan fingerprint density at radius 2 is 2.39 bits per heavy atom. The summed E-state index contributed by atoms with van der Waals surface area (Å²) in [6, 6.07) is 4.52. The van der Waals surface area contributed by atoms with Gasteiger partial charge in [-0.15, -0.1) is 0 Å². The molecular formula is C11H13N3O4. The fraction of sp³-hybridized carbons (Fsp3) is 0.364. The summed E-state index contributed by atoms with van der Waals surface area (Å²) in [5, 5.41) is 25.2. The minimum absolute atomic E-state index is 0.00508. The molecule has 0 radical (unpaired) electrons. The predicted molar refractivity (Wildman–Crippen MR) is 64.3 cm³/mol. The normalized spacial score (nSPS) is 12.8. The van der Waals surface area contributed by atoms with Crippen LogP contribution in [-0.2, 0) is 11.3 Å². The molecule has 18 heavy (non-hydrogen) atoms. The van der Waals surface area contributed by atoms with Gasteiger partial charge in [-0.3, -0.25) is 14.8 Å². The lowest BCUT2D eigenvalue weighted by Gasteiger charge is -2.10. The summed E-state index contributed by atoms with van der Waals surface area (Å²) >= 11 is 0. The molecule has 0 amide bonds. The zero-order chi connectivity index (χ0) is 13.1. The van der Waals surface area contributed by atoms with E-state index in [9.17, 15) is 15.2 Å². The molecule has 0 saturated heterocycles. The molecule has 1 N–H and O–H groups in total. The molecule has 0 aliphatic carbocycles. The number of nitro benzene ring substituents is 1. The Labute approximate surface area is 103 Å². The van der Waals surface area contributed by atoms with E-state index in [1.54, 1.807) is 12.3 Å². The average molecular weight is 251 g/mol. The molecular weight excluding hydrogens is 238 g/mol. The summed E-state index contributed by atoms with van der Waals surface area (Å²) in [5.41, 5.74) is 0.629. The van der Waals surface area contributed by atoms with Crippen molar-refractivity contribution in [2.75, 3.05) is 13.7 Å². The van der Waals surface area contributed by atoms with E-state index in [2.05, 4.69) is 5.10 Å². The molecule has 1 unspecified atom stereocenters. The lowest BCUT2D eigenvalue weighted by molar-refractivity contribution is -0.384. The van der Waals surface area contributed by atoms with Crippen LogP contribution >= 0.6 is 0 Å². The highest BCUT2D eigenvalue weighted by Gasteiger charge is 2.12. The zero-order valence-electron chi connectivity index (χ0n) is 9.81. The molecule has 0 bridgehead atoms. The van der Waals surface area contributed by atoms with Crippen molar-refractivity contribution in [1.29, 1.82) is 0 Å². The molecule has 0 aliphatic heterocycles. The Bertz CT molecular complexity index is 566. The van der Waals surface area contributed by atoms with Crippen LogP contribution in [0.1, 0.15) is 0 Å². The molecule has 1 atom stereocenters. The first-order valence-corrected chi connectivity index (χ1v) is 5.39. The molecule has 1 heterocycles. The second-order valence-corrected chi connectivity index (χ2v) is 3.94. The summed E-state index contributed by atoms with van der Waals surface area (Å²) in [6.07, 6.45) is 0.913. The van der Waals surface area contributed by atoms with Crippen LogP contribution < -0.4 is 0 Å². The molecule has 0 spiro atoms. The molecule has 2 rings (SSSR count). The highest BCUT2D eigenvalue weighted by Crippen LogP contribution is 2.20. The third kappa shape index (κ3) is 2.47. The maximum Gasteiger partial charge on any atom is 0.271 e. The molecule has 7 nitrogen and oxygen atoms in total. The van der Waals surface area contributed by atoms with Gasteiger partial charge in [-0.1, -0.05) is 0 Å². The van der Waals surface area contributed by atoms with Crippen molar-refractivity contribution in [3.63, 3.8) is 0 Å². The number of rotatable bonds is 5. The van der Waals surface area contributed by atoms with Gasteiger partial charge in [-0.25, -0.2) is 0 Å². The fourth-order valence-corrected chi connectivity index (χ4v) is 1.76. The van der Waals surface area contributed by atoms with E-state index in [0.29, 0.717) is 5.52 Å². The monoisotopic (exact) mass is 251 g/mol. The molecule has 2 aromatic rings. The van der Waals surface area contributed by atoms with Gasteiger partial charge in [0.15, 0.2) is 0 Å². The zero-order valence-corrected chi connectivity index (χ0v) is 9.81. The van der Waals surface area contributed by atoms with E-state index >= 15 is 0 Å². The van der Waals surface area contributed by atoms with Gasteiger partial charge in [0.2, 0.25) is 0 Å². The predicted octanol–water partition coefficient (Wildman–Crippen LogP) is 0.952. The van der Waals surface area contributed by atoms with Gasteiger partial charge in [0.25, 0.3) is 5.69 Å². The molecule has 7 heteroatoms. The van der Waals surface area contributed by atoms with Crippen molar-refractivity contribution in [2.45, 2.75) is 12.6 Å². The van der Waals surface area contributed by atoms with Crippen LogP contribution in [0.2, 0.25) is 0 Å². The van der Waals surface area contributed by atoms with Gasteiger partial charge in [0.1, 0.15) is 0 Å². The van der Waals surface area contributed by atoms with Crippen LogP contribution in [-0.4, -0.2) is 39.6 Å². The smallest absolute Gasteiger partial charge is 0.271 e. The van der Waals surface area contributed by atoms with Gasteiger partial charge in [0.05, 0.1) is 35.9 Å². The van der Waals surface area contributed by atoms with Crippen molar-refractivity contribution in [3.8, 4) is 0 Å². The highest BCUT2D eigenvalue weighted by atomic mass is 16.6. The van der Waals surface area contributed by atoms with E-state index in [1.807, 2.05) is 0 Å². The number of hydrogen-bond acceptors (Lipinski definition) is 5. The number of nitro groups is 1. The van der Waals surface area contributed by atoms with Crippen molar-refractivity contribution >= 4 is 16.6 Å². The van der Waals surface area contributed by atoms with Gasteiger partial charge >= 0.3 is 0 Å². The quantitative estimate of drug-likeness (QED) is 0.631. The average Bonchev–Trinajstić information content (AvgIpc) is 2.72. The maximum absolute atomic E-state index is 10.7. The second-order valence-electron chi connectivity index (χ2n) is 3.94. The summed E-state index contributed by atoms with van der Waals surface area (Å²) in [4.78, 5) is 10.3. The Hall–Kier alpha value is -1.99. The first kappa shape index (κ1) is 12.5. The number of non-ortho nitro benzene ring substituents is 1. The molecule has 1 aromatic heterocycles. The number of fused-ring (bicyclic) bond motifs is 1. The Kier molecular flexibility index (Phi) is 3.54. The first-order chi connectivity index (χ1) is 8.61. The lowest BCUT2D eigenvalue weighted by Crippen LogP contribution is -2.21. The standard InChI is InChI=1S/C11H13N3O4/c1-18-7-10(15)6-13-11-4-9(14(16)17)3-2-8(11)5-12-13/h2-5,10,15H,6-7H2,1H3. The van der Waals surface area contributed by atoms with E-state index in [-0.39, 0.29) is 18.8 Å². The van der Waals surface area contributed by atoms with Crippen LogP contribution in [0.25, 0.3) is 10.9 Å². The van der Waals surface area contributed by atoms with E-state index in [0.717, 1.165) is 5.39 Å². The van der Waals surface area contributed by atoms with Crippen molar-refractivity contribution in [3.05, 3.63) is 34.5 Å². The largest absolute Gasteiger partial charge is 0.389 e. The number of nitrogens with zero attached hydrogens (tertiary/aromatic N) is 3. The minimum Gasteiger partial charge on any atom is -0.389 e. The van der Waals surface area contributed by atoms with E-state index in [4.69, 9.17) is 4.74 Å². The third-order valence-corrected chi connectivity index (χ3v) is 2.58. The second kappa shape index (κ2) is 5.11. The SMILES string of the molecule is COCC(O)Cn1ncc2ccc([N+](=O)[O-])cc21. The van der Waals surface area contributed by atoms with Crippen LogP contribution in [0.4, 0.5) is 5.69 Å². The molecule has 1 aromatic carbocycles. The van der Waals surface area contributed by atoms with Gasteiger partial charge in [-0.2, -0.15) is 5.10 Å². The molecule has 0 saturated carbocycles. The minimum atomic E-state index is -0.697. The van der Waals surface area contributed by atoms with Crippen LogP contribution in [0.15, 0.2) is 24.4 Å². The number of ether oxygens (including phenoxy) is 1. The third-order valence-electron chi connectivity index (χ3n) is 2.58. The molecule has 0 fully saturated rings. The van der Waals surface area contributed by atoms with E-state index < -0.39 is 11.0 Å². The van der Waals surface area contributed by atoms with Crippen LogP contribution in [0.5, 0.6) is 0 Å². The summed E-state index contributed by atoms with van der Waals surface area (Å²) in [6.45, 7) is 0.425. The maximum atomic E-state index is 10.7. The first-order valence-electron chi connectivity index (χ1n) is 5.39. The number of hydrogen-bond donors (Lipinski definition) is 1. The van der Waals surface area contributed by atoms with E-state index in [1.165, 1.54) is 23.9 Å². The fourth-order valence-electron chi connectivity index (χ4n) is 1.76. The topological polar surface area (TPSA) is 90.4 Å². The van der Waals surface area contributed by atoms with Crippen molar-refractivity contribution in [2.24, 2.45) is 0 Å². The number of aliphatic hydroxyl groups is 1. The molecule has 0 aliphatic rings. The highest BCUT2D eigenvalue weighted by molar-refractivity contribution is 5.80. The Morgan fingerprint density at radius 3 is 3.06 bits per heavy atom. The van der Waals surface area contributed by atoms with Crippen molar-refractivity contribution < 1.29 is 14.8 Å². The summed E-state index contributed by atoms with van der Waals surface area (Å²) in [5.74, 6) is 0. The number of benzene rings is 1.